The number of anilines is 1. The number of Topliss-reactive ketones (excluding diaryl/α,β-unsaturated/α-hetero) is 1. The second kappa shape index (κ2) is 8.89. The van der Waals surface area contributed by atoms with Gasteiger partial charge in [0.25, 0.3) is 0 Å². The van der Waals surface area contributed by atoms with Crippen LogP contribution >= 0.6 is 11.6 Å². The van der Waals surface area contributed by atoms with E-state index in [0.717, 1.165) is 37.6 Å². The van der Waals surface area contributed by atoms with Crippen LogP contribution in [0.15, 0.2) is 60.5 Å². The first-order valence-corrected chi connectivity index (χ1v) is 11.3. The molecule has 0 atom stereocenters. The summed E-state index contributed by atoms with van der Waals surface area (Å²) in [6, 6.07) is 14.8. The minimum Gasteiger partial charge on any atom is -0.507 e. The zero-order chi connectivity index (χ0) is 22.9. The lowest BCUT2D eigenvalue weighted by Crippen LogP contribution is -2.46. The van der Waals surface area contributed by atoms with Crippen LogP contribution in [-0.4, -0.2) is 47.0 Å². The molecule has 7 heteroatoms. The number of aromatic nitrogens is 1. The molecule has 6 nitrogen and oxygen atoms in total. The van der Waals surface area contributed by atoms with Gasteiger partial charge >= 0.3 is 0 Å². The number of aryl methyl sites for hydroxylation is 1. The van der Waals surface area contributed by atoms with Gasteiger partial charge in [-0.05, 0) is 54.5 Å². The van der Waals surface area contributed by atoms with Gasteiger partial charge in [0.05, 0.1) is 11.1 Å². The van der Waals surface area contributed by atoms with Crippen molar-refractivity contribution in [2.24, 2.45) is 0 Å². The number of piperazine rings is 1. The van der Waals surface area contributed by atoms with E-state index in [1.54, 1.807) is 30.5 Å². The van der Waals surface area contributed by atoms with Crippen LogP contribution in [0.1, 0.15) is 27.0 Å². The van der Waals surface area contributed by atoms with Gasteiger partial charge in [-0.25, -0.2) is 4.98 Å². The van der Waals surface area contributed by atoms with Crippen molar-refractivity contribution >= 4 is 29.3 Å². The highest BCUT2D eigenvalue weighted by Gasteiger charge is 2.34. The SMILES string of the molecule is Cc1cc(O)c(CN2CCN(c3ccccn3)CC2)c2c1C(=O)/C(=C/c1cccc(Cl)c1)O2. The molecule has 1 saturated heterocycles. The number of fused-ring (bicyclic) bond motifs is 1. The van der Waals surface area contributed by atoms with E-state index in [0.29, 0.717) is 34.0 Å². The van der Waals surface area contributed by atoms with Crippen molar-refractivity contribution in [3.8, 4) is 11.5 Å². The van der Waals surface area contributed by atoms with Crippen LogP contribution in [0, 0.1) is 6.92 Å². The monoisotopic (exact) mass is 461 g/mol. The van der Waals surface area contributed by atoms with Gasteiger partial charge in [-0.15, -0.1) is 0 Å². The van der Waals surface area contributed by atoms with E-state index in [9.17, 15) is 9.90 Å². The standard InChI is InChI=1S/C26H24ClN3O3/c1-17-13-21(31)20(16-29-9-11-30(12-10-29)23-7-2-3-8-28-23)26-24(17)25(32)22(33-26)15-18-5-4-6-19(27)14-18/h2-8,13-15,31H,9-12,16H2,1H3/b22-15-. The average molecular weight is 462 g/mol. The molecule has 1 fully saturated rings. The Bertz CT molecular complexity index is 1240. The molecule has 5 rings (SSSR count). The summed E-state index contributed by atoms with van der Waals surface area (Å²) in [5.41, 5.74) is 2.64. The van der Waals surface area contributed by atoms with Crippen LogP contribution in [0.3, 0.4) is 0 Å². The molecular weight excluding hydrogens is 438 g/mol. The molecule has 0 spiro atoms. The number of carbonyl (C=O) groups excluding carboxylic acids is 1. The molecule has 0 unspecified atom stereocenters. The Hall–Kier alpha value is -3.35. The molecule has 0 bridgehead atoms. The van der Waals surface area contributed by atoms with Gasteiger partial charge < -0.3 is 14.7 Å². The van der Waals surface area contributed by atoms with Gasteiger partial charge in [0.2, 0.25) is 5.78 Å². The van der Waals surface area contributed by atoms with Gasteiger partial charge in [-0.1, -0.05) is 29.8 Å². The maximum atomic E-state index is 13.1. The molecule has 2 aliphatic rings. The Labute approximate surface area is 197 Å². The number of carbonyl (C=O) groups is 1. The first-order chi connectivity index (χ1) is 16.0. The van der Waals surface area contributed by atoms with Gasteiger partial charge in [-0.3, -0.25) is 9.69 Å². The van der Waals surface area contributed by atoms with Crippen molar-refractivity contribution < 1.29 is 14.6 Å². The number of hydrogen-bond acceptors (Lipinski definition) is 6. The lowest BCUT2D eigenvalue weighted by Gasteiger charge is -2.35. The Morgan fingerprint density at radius 3 is 2.67 bits per heavy atom. The fourth-order valence-corrected chi connectivity index (χ4v) is 4.58. The number of benzene rings is 2. The van der Waals surface area contributed by atoms with Crippen molar-refractivity contribution in [2.45, 2.75) is 13.5 Å². The Morgan fingerprint density at radius 1 is 1.12 bits per heavy atom. The van der Waals surface area contributed by atoms with Gasteiger partial charge in [0, 0.05) is 43.9 Å². The van der Waals surface area contributed by atoms with Crippen LogP contribution in [0.5, 0.6) is 11.5 Å². The zero-order valence-corrected chi connectivity index (χ0v) is 19.0. The van der Waals surface area contributed by atoms with Crippen molar-refractivity contribution in [2.75, 3.05) is 31.1 Å². The molecular formula is C26H24ClN3O3. The van der Waals surface area contributed by atoms with Crippen molar-refractivity contribution in [3.63, 3.8) is 0 Å². The molecule has 0 amide bonds. The Balaban J connectivity index is 1.37. The van der Waals surface area contributed by atoms with Crippen LogP contribution < -0.4 is 9.64 Å². The third kappa shape index (κ3) is 4.32. The smallest absolute Gasteiger partial charge is 0.232 e. The highest BCUT2D eigenvalue weighted by atomic mass is 35.5. The lowest BCUT2D eigenvalue weighted by atomic mass is 9.99. The topological polar surface area (TPSA) is 65.9 Å². The normalized spacial score (nSPS) is 17.3. The number of pyridine rings is 1. The predicted molar refractivity (Wildman–Crippen MR) is 129 cm³/mol. The van der Waals surface area contributed by atoms with E-state index >= 15 is 0 Å². The van der Waals surface area contributed by atoms with Crippen LogP contribution in [0.4, 0.5) is 5.82 Å². The molecule has 0 radical (unpaired) electrons. The summed E-state index contributed by atoms with van der Waals surface area (Å²) >= 11 is 6.08. The molecule has 33 heavy (non-hydrogen) atoms. The molecule has 3 heterocycles. The number of allylic oxidation sites excluding steroid dienone is 1. The molecule has 2 aromatic carbocycles. The van der Waals surface area contributed by atoms with Crippen LogP contribution in [0.25, 0.3) is 6.08 Å². The maximum Gasteiger partial charge on any atom is 0.232 e. The third-order valence-corrected chi connectivity index (χ3v) is 6.33. The number of hydrogen-bond donors (Lipinski definition) is 1. The summed E-state index contributed by atoms with van der Waals surface area (Å²) in [6.07, 6.45) is 3.50. The second-order valence-corrected chi connectivity index (χ2v) is 8.78. The molecule has 168 valence electrons. The minimum atomic E-state index is -0.177. The first kappa shape index (κ1) is 21.5. The first-order valence-electron chi connectivity index (χ1n) is 10.9. The fraction of sp³-hybridized carbons (Fsp3) is 0.231. The van der Waals surface area contributed by atoms with E-state index in [2.05, 4.69) is 14.8 Å². The molecule has 3 aromatic rings. The van der Waals surface area contributed by atoms with Crippen LogP contribution in [0.2, 0.25) is 5.02 Å². The zero-order valence-electron chi connectivity index (χ0n) is 18.3. The van der Waals surface area contributed by atoms with Gasteiger partial charge in [0.15, 0.2) is 5.76 Å². The molecule has 1 aromatic heterocycles. The number of nitrogens with zero attached hydrogens (tertiary/aromatic N) is 3. The Morgan fingerprint density at radius 2 is 1.94 bits per heavy atom. The third-order valence-electron chi connectivity index (χ3n) is 6.09. The highest BCUT2D eigenvalue weighted by molar-refractivity contribution is 6.30. The largest absolute Gasteiger partial charge is 0.507 e. The molecule has 0 saturated carbocycles. The van der Waals surface area contributed by atoms with E-state index in [-0.39, 0.29) is 17.3 Å². The Kier molecular flexibility index (Phi) is 5.79. The minimum absolute atomic E-state index is 0.148. The van der Waals surface area contributed by atoms with Crippen molar-refractivity contribution in [1.82, 2.24) is 9.88 Å². The number of ether oxygens (including phenoxy) is 1. The number of phenols is 1. The highest BCUT2D eigenvalue weighted by Crippen LogP contribution is 2.42. The number of halogens is 1. The summed E-state index contributed by atoms with van der Waals surface area (Å²) in [4.78, 5) is 22.1. The number of aromatic hydroxyl groups is 1. The average Bonchev–Trinajstić information content (AvgIpc) is 3.14. The fourth-order valence-electron chi connectivity index (χ4n) is 4.38. The molecule has 2 aliphatic heterocycles. The molecule has 0 aliphatic carbocycles. The van der Waals surface area contributed by atoms with Gasteiger partial charge in [-0.2, -0.15) is 0 Å². The van der Waals surface area contributed by atoms with E-state index in [4.69, 9.17) is 16.3 Å². The van der Waals surface area contributed by atoms with E-state index < -0.39 is 0 Å². The van der Waals surface area contributed by atoms with E-state index in [1.165, 1.54) is 0 Å². The summed E-state index contributed by atoms with van der Waals surface area (Å²) in [6.45, 7) is 5.63. The quantitative estimate of drug-likeness (QED) is 0.569. The number of phenolic OH excluding ortho intramolecular Hbond substituents is 1. The summed E-state index contributed by atoms with van der Waals surface area (Å²) < 4.78 is 6.05. The van der Waals surface area contributed by atoms with Gasteiger partial charge in [0.1, 0.15) is 17.3 Å². The molecule has 1 N–H and O–H groups in total. The van der Waals surface area contributed by atoms with Crippen molar-refractivity contribution in [3.05, 3.63) is 87.8 Å². The van der Waals surface area contributed by atoms with E-state index in [1.807, 2.05) is 37.3 Å². The lowest BCUT2D eigenvalue weighted by molar-refractivity contribution is 0.101. The van der Waals surface area contributed by atoms with Crippen molar-refractivity contribution in [1.29, 1.82) is 0 Å². The van der Waals surface area contributed by atoms with Crippen LogP contribution in [-0.2, 0) is 6.54 Å². The number of rotatable bonds is 4. The maximum absolute atomic E-state index is 13.1. The summed E-state index contributed by atoms with van der Waals surface area (Å²) in [5, 5.41) is 11.3. The predicted octanol–water partition coefficient (Wildman–Crippen LogP) is 4.69. The summed E-state index contributed by atoms with van der Waals surface area (Å²) in [5.74, 6) is 1.64. The summed E-state index contributed by atoms with van der Waals surface area (Å²) in [7, 11) is 0. The second-order valence-electron chi connectivity index (χ2n) is 8.34. The number of ketones is 1.